The van der Waals surface area contributed by atoms with E-state index in [9.17, 15) is 18.7 Å². The van der Waals surface area contributed by atoms with Gasteiger partial charge in [0, 0.05) is 23.9 Å². The van der Waals surface area contributed by atoms with Crippen molar-refractivity contribution >= 4 is 17.3 Å². The van der Waals surface area contributed by atoms with Gasteiger partial charge in [0.15, 0.2) is 11.6 Å². The quantitative estimate of drug-likeness (QED) is 0.583. The number of halogens is 2. The van der Waals surface area contributed by atoms with Crippen molar-refractivity contribution in [3.8, 4) is 11.5 Å². The Labute approximate surface area is 160 Å². The number of nitrogens with one attached hydrogen (secondary N) is 2. The number of phenolic OH excluding ortho intramolecular Hbond substituents is 1. The SMILES string of the molecule is COc1ccc(C(=O)Nc2ccc(F)c(F)c2)cc1NCc1cccc(O)c1. The van der Waals surface area contributed by atoms with Crippen molar-refractivity contribution in [1.82, 2.24) is 0 Å². The maximum absolute atomic E-state index is 13.3. The number of aromatic hydroxyl groups is 1. The monoisotopic (exact) mass is 384 g/mol. The highest BCUT2D eigenvalue weighted by Gasteiger charge is 2.12. The van der Waals surface area contributed by atoms with Gasteiger partial charge < -0.3 is 20.5 Å². The van der Waals surface area contributed by atoms with Gasteiger partial charge in [0.1, 0.15) is 11.5 Å². The van der Waals surface area contributed by atoms with Crippen LogP contribution in [0.4, 0.5) is 20.2 Å². The number of hydrogen-bond acceptors (Lipinski definition) is 4. The van der Waals surface area contributed by atoms with Crippen LogP contribution in [0.2, 0.25) is 0 Å². The van der Waals surface area contributed by atoms with Crippen molar-refractivity contribution in [2.45, 2.75) is 6.54 Å². The van der Waals surface area contributed by atoms with E-state index in [2.05, 4.69) is 10.6 Å². The first-order chi connectivity index (χ1) is 13.5. The number of hydrogen-bond donors (Lipinski definition) is 3. The first-order valence-electron chi connectivity index (χ1n) is 8.42. The number of benzene rings is 3. The van der Waals surface area contributed by atoms with Gasteiger partial charge in [0.05, 0.1) is 12.8 Å². The van der Waals surface area contributed by atoms with Gasteiger partial charge in [-0.3, -0.25) is 4.79 Å². The molecule has 7 heteroatoms. The number of rotatable bonds is 6. The van der Waals surface area contributed by atoms with Gasteiger partial charge in [-0.2, -0.15) is 0 Å². The van der Waals surface area contributed by atoms with Gasteiger partial charge >= 0.3 is 0 Å². The Hall–Kier alpha value is -3.61. The fourth-order valence-corrected chi connectivity index (χ4v) is 2.63. The molecule has 1 amide bonds. The summed E-state index contributed by atoms with van der Waals surface area (Å²) in [5.41, 5.74) is 1.88. The molecule has 0 aliphatic carbocycles. The molecular formula is C21H18F2N2O3. The number of amides is 1. The molecule has 3 aromatic carbocycles. The molecule has 3 aromatic rings. The van der Waals surface area contributed by atoms with Gasteiger partial charge in [-0.15, -0.1) is 0 Å². The second kappa shape index (κ2) is 8.39. The van der Waals surface area contributed by atoms with Crippen LogP contribution in [0.1, 0.15) is 15.9 Å². The zero-order chi connectivity index (χ0) is 20.1. The van der Waals surface area contributed by atoms with Gasteiger partial charge in [0.25, 0.3) is 5.91 Å². The third-order valence-electron chi connectivity index (χ3n) is 4.03. The third-order valence-corrected chi connectivity index (χ3v) is 4.03. The minimum absolute atomic E-state index is 0.147. The number of methoxy groups -OCH3 is 1. The molecule has 5 nitrogen and oxygen atoms in total. The van der Waals surface area contributed by atoms with Crippen LogP contribution < -0.4 is 15.4 Å². The van der Waals surface area contributed by atoms with E-state index in [-0.39, 0.29) is 11.4 Å². The van der Waals surface area contributed by atoms with E-state index in [0.717, 1.165) is 17.7 Å². The minimum Gasteiger partial charge on any atom is -0.508 e. The number of anilines is 2. The third kappa shape index (κ3) is 4.56. The standard InChI is InChI=1S/C21H18F2N2O3/c1-28-20-8-5-14(21(27)25-15-6-7-17(22)18(23)11-15)10-19(20)24-12-13-3-2-4-16(26)9-13/h2-11,24,26H,12H2,1H3,(H,25,27). The van der Waals surface area contributed by atoms with E-state index in [0.29, 0.717) is 23.5 Å². The van der Waals surface area contributed by atoms with Gasteiger partial charge in [-0.1, -0.05) is 12.1 Å². The van der Waals surface area contributed by atoms with Crippen LogP contribution in [-0.2, 0) is 6.54 Å². The second-order valence-corrected chi connectivity index (χ2v) is 6.02. The lowest BCUT2D eigenvalue weighted by molar-refractivity contribution is 0.102. The molecule has 0 heterocycles. The molecule has 28 heavy (non-hydrogen) atoms. The van der Waals surface area contributed by atoms with Crippen molar-refractivity contribution < 1.29 is 23.4 Å². The molecule has 3 N–H and O–H groups in total. The normalized spacial score (nSPS) is 10.4. The fraction of sp³-hybridized carbons (Fsp3) is 0.0952. The molecule has 0 unspecified atom stereocenters. The molecule has 3 rings (SSSR count). The maximum Gasteiger partial charge on any atom is 0.255 e. The summed E-state index contributed by atoms with van der Waals surface area (Å²) in [5, 5.41) is 15.2. The van der Waals surface area contributed by atoms with Gasteiger partial charge in [0.2, 0.25) is 0 Å². The Balaban J connectivity index is 1.77. The Kier molecular flexibility index (Phi) is 5.74. The van der Waals surface area contributed by atoms with E-state index in [1.165, 1.54) is 13.2 Å². The van der Waals surface area contributed by atoms with E-state index in [1.807, 2.05) is 6.07 Å². The van der Waals surface area contributed by atoms with Crippen molar-refractivity contribution in [2.75, 3.05) is 17.7 Å². The predicted octanol–water partition coefficient (Wildman–Crippen LogP) is 4.54. The molecule has 0 fully saturated rings. The van der Waals surface area contributed by atoms with Crippen molar-refractivity contribution in [3.05, 3.63) is 83.4 Å². The highest BCUT2D eigenvalue weighted by atomic mass is 19.2. The Morgan fingerprint density at radius 2 is 1.86 bits per heavy atom. The van der Waals surface area contributed by atoms with Crippen LogP contribution >= 0.6 is 0 Å². The van der Waals surface area contributed by atoms with Crippen LogP contribution in [0.15, 0.2) is 60.7 Å². The zero-order valence-electron chi connectivity index (χ0n) is 15.0. The molecule has 0 saturated heterocycles. The van der Waals surface area contributed by atoms with Gasteiger partial charge in [-0.05, 0) is 48.0 Å². The zero-order valence-corrected chi connectivity index (χ0v) is 15.0. The summed E-state index contributed by atoms with van der Waals surface area (Å²) >= 11 is 0. The Bertz CT molecular complexity index is 1010. The molecule has 0 spiro atoms. The average Bonchev–Trinajstić information content (AvgIpc) is 2.69. The predicted molar refractivity (Wildman–Crippen MR) is 103 cm³/mol. The highest BCUT2D eigenvalue weighted by molar-refractivity contribution is 6.05. The molecule has 0 saturated carbocycles. The number of carbonyl (C=O) groups excluding carboxylic acids is 1. The molecule has 0 radical (unpaired) electrons. The molecule has 0 aliphatic heterocycles. The maximum atomic E-state index is 13.3. The molecule has 0 aliphatic rings. The molecule has 0 bridgehead atoms. The van der Waals surface area contributed by atoms with E-state index >= 15 is 0 Å². The van der Waals surface area contributed by atoms with Crippen LogP contribution in [0.3, 0.4) is 0 Å². The largest absolute Gasteiger partial charge is 0.508 e. The van der Waals surface area contributed by atoms with E-state index < -0.39 is 17.5 Å². The molecule has 0 atom stereocenters. The lowest BCUT2D eigenvalue weighted by atomic mass is 10.1. The smallest absolute Gasteiger partial charge is 0.255 e. The summed E-state index contributed by atoms with van der Waals surface area (Å²) in [6.45, 7) is 0.402. The summed E-state index contributed by atoms with van der Waals surface area (Å²) in [4.78, 5) is 12.5. The fourth-order valence-electron chi connectivity index (χ4n) is 2.63. The molecular weight excluding hydrogens is 366 g/mol. The van der Waals surface area contributed by atoms with Crippen LogP contribution in [0.5, 0.6) is 11.5 Å². The summed E-state index contributed by atoms with van der Waals surface area (Å²) < 4.78 is 31.6. The minimum atomic E-state index is -1.04. The summed E-state index contributed by atoms with van der Waals surface area (Å²) in [7, 11) is 1.51. The van der Waals surface area contributed by atoms with Gasteiger partial charge in [-0.25, -0.2) is 8.78 Å². The lowest BCUT2D eigenvalue weighted by Gasteiger charge is -2.13. The second-order valence-electron chi connectivity index (χ2n) is 6.02. The summed E-state index contributed by atoms with van der Waals surface area (Å²) in [6, 6.07) is 14.7. The molecule has 144 valence electrons. The lowest BCUT2D eigenvalue weighted by Crippen LogP contribution is -2.13. The van der Waals surface area contributed by atoms with E-state index in [4.69, 9.17) is 4.74 Å². The summed E-state index contributed by atoms with van der Waals surface area (Å²) in [5.74, 6) is -1.81. The van der Waals surface area contributed by atoms with Crippen molar-refractivity contribution in [3.63, 3.8) is 0 Å². The van der Waals surface area contributed by atoms with Crippen LogP contribution in [-0.4, -0.2) is 18.1 Å². The Morgan fingerprint density at radius 3 is 2.57 bits per heavy atom. The number of carbonyl (C=O) groups is 1. The number of ether oxygens (including phenoxy) is 1. The Morgan fingerprint density at radius 1 is 1.04 bits per heavy atom. The summed E-state index contributed by atoms with van der Waals surface area (Å²) in [6.07, 6.45) is 0. The van der Waals surface area contributed by atoms with Crippen LogP contribution in [0, 0.1) is 11.6 Å². The molecule has 0 aromatic heterocycles. The highest BCUT2D eigenvalue weighted by Crippen LogP contribution is 2.27. The van der Waals surface area contributed by atoms with Crippen molar-refractivity contribution in [1.29, 1.82) is 0 Å². The number of phenols is 1. The first-order valence-corrected chi connectivity index (χ1v) is 8.42. The first kappa shape index (κ1) is 19.2. The van der Waals surface area contributed by atoms with Crippen LogP contribution in [0.25, 0.3) is 0 Å². The van der Waals surface area contributed by atoms with Crippen molar-refractivity contribution in [2.24, 2.45) is 0 Å². The van der Waals surface area contributed by atoms with E-state index in [1.54, 1.807) is 36.4 Å². The topological polar surface area (TPSA) is 70.6 Å². The average molecular weight is 384 g/mol.